The molecule has 21 heavy (non-hydrogen) atoms. The van der Waals surface area contributed by atoms with Crippen LogP contribution in [0, 0.1) is 12.8 Å². The molecule has 120 valence electrons. The van der Waals surface area contributed by atoms with Gasteiger partial charge in [-0.05, 0) is 50.2 Å². The summed E-state index contributed by atoms with van der Waals surface area (Å²) in [4.78, 5) is 0.946. The molecule has 1 fully saturated rings. The van der Waals surface area contributed by atoms with Crippen molar-refractivity contribution in [2.24, 2.45) is 11.7 Å². The molecule has 0 aliphatic heterocycles. The number of hydrogen-bond acceptors (Lipinski definition) is 4. The summed E-state index contributed by atoms with van der Waals surface area (Å²) in [5.41, 5.74) is 6.60. The van der Waals surface area contributed by atoms with Crippen LogP contribution in [0.3, 0.4) is 0 Å². The first kappa shape index (κ1) is 16.9. The first-order valence-electron chi connectivity index (χ1n) is 7.78. The van der Waals surface area contributed by atoms with Crippen LogP contribution in [0.25, 0.3) is 0 Å². The van der Waals surface area contributed by atoms with Crippen molar-refractivity contribution in [3.05, 3.63) is 16.5 Å². The molecule has 1 aromatic rings. The molecular weight excluding hydrogens is 304 g/mol. The van der Waals surface area contributed by atoms with E-state index >= 15 is 0 Å². The summed E-state index contributed by atoms with van der Waals surface area (Å²) >= 11 is 1.29. The maximum atomic E-state index is 12.4. The number of thiophene rings is 1. The molecule has 0 atom stereocenters. The molecule has 1 aromatic heterocycles. The highest BCUT2D eigenvalue weighted by Crippen LogP contribution is 2.30. The molecule has 1 aliphatic carbocycles. The maximum Gasteiger partial charge on any atom is 0.250 e. The number of nitrogens with two attached hydrogens (primary N) is 1. The average molecular weight is 331 g/mol. The summed E-state index contributed by atoms with van der Waals surface area (Å²) < 4.78 is 28.2. The van der Waals surface area contributed by atoms with Gasteiger partial charge < -0.3 is 5.73 Å². The van der Waals surface area contributed by atoms with Crippen LogP contribution in [0.4, 0.5) is 0 Å². The van der Waals surface area contributed by atoms with E-state index in [2.05, 4.69) is 11.6 Å². The number of rotatable bonds is 6. The van der Waals surface area contributed by atoms with Gasteiger partial charge in [0, 0.05) is 17.5 Å². The summed E-state index contributed by atoms with van der Waals surface area (Å²) in [6, 6.07) is 1.82. The van der Waals surface area contributed by atoms with Crippen molar-refractivity contribution in [1.82, 2.24) is 4.72 Å². The van der Waals surface area contributed by atoms with Crippen molar-refractivity contribution >= 4 is 21.4 Å². The smallest absolute Gasteiger partial charge is 0.250 e. The summed E-state index contributed by atoms with van der Waals surface area (Å²) in [5, 5.41) is 0. The van der Waals surface area contributed by atoms with Crippen molar-refractivity contribution in [2.45, 2.75) is 69.2 Å². The van der Waals surface area contributed by atoms with Gasteiger partial charge in [-0.1, -0.05) is 19.8 Å². The lowest BCUT2D eigenvalue weighted by Gasteiger charge is -2.28. The Hall–Kier alpha value is -0.430. The summed E-state index contributed by atoms with van der Waals surface area (Å²) in [7, 11) is -3.39. The molecule has 4 nitrogen and oxygen atoms in total. The molecule has 0 spiro atoms. The third-order valence-electron chi connectivity index (χ3n) is 4.31. The summed E-state index contributed by atoms with van der Waals surface area (Å²) in [6.07, 6.45) is 6.67. The second kappa shape index (κ2) is 7.22. The van der Waals surface area contributed by atoms with E-state index in [1.165, 1.54) is 24.2 Å². The van der Waals surface area contributed by atoms with Gasteiger partial charge in [0.05, 0.1) is 0 Å². The highest BCUT2D eigenvalue weighted by molar-refractivity contribution is 7.91. The standard InChI is InChI=1S/C15H26N2O2S2/c1-3-4-12-5-7-13(8-6-12)17-21(18,19)15-9-11(2)14(10-16)20-15/h9,12-13,17H,3-8,10,16H2,1-2H3. The summed E-state index contributed by atoms with van der Waals surface area (Å²) in [6.45, 7) is 4.52. The fraction of sp³-hybridized carbons (Fsp3) is 0.733. The van der Waals surface area contributed by atoms with Gasteiger partial charge in [0.25, 0.3) is 0 Å². The largest absolute Gasteiger partial charge is 0.326 e. The summed E-state index contributed by atoms with van der Waals surface area (Å²) in [5.74, 6) is 0.781. The molecule has 1 aliphatic rings. The molecule has 1 heterocycles. The van der Waals surface area contributed by atoms with Gasteiger partial charge in [0.1, 0.15) is 4.21 Å². The fourth-order valence-corrected chi connectivity index (χ4v) is 5.87. The SMILES string of the molecule is CCCC1CCC(NS(=O)(=O)c2cc(C)c(CN)s2)CC1. The van der Waals surface area contributed by atoms with Crippen molar-refractivity contribution in [1.29, 1.82) is 0 Å². The van der Waals surface area contributed by atoms with E-state index in [4.69, 9.17) is 5.73 Å². The van der Waals surface area contributed by atoms with E-state index in [1.54, 1.807) is 6.07 Å². The minimum Gasteiger partial charge on any atom is -0.326 e. The number of sulfonamides is 1. The Labute approximate surface area is 132 Å². The number of nitrogens with one attached hydrogen (secondary N) is 1. The Kier molecular flexibility index (Phi) is 5.82. The van der Waals surface area contributed by atoms with Crippen LogP contribution in [0.1, 0.15) is 55.9 Å². The molecule has 0 bridgehead atoms. The van der Waals surface area contributed by atoms with Crippen LogP contribution in [0.2, 0.25) is 0 Å². The van der Waals surface area contributed by atoms with Crippen LogP contribution < -0.4 is 10.5 Å². The lowest BCUT2D eigenvalue weighted by atomic mass is 9.84. The molecule has 0 radical (unpaired) electrons. The Bertz CT molecular complexity index is 558. The second-order valence-corrected chi connectivity index (χ2v) is 9.08. The molecule has 0 saturated heterocycles. The quantitative estimate of drug-likeness (QED) is 0.841. The van der Waals surface area contributed by atoms with Crippen LogP contribution in [0.5, 0.6) is 0 Å². The molecule has 2 rings (SSSR count). The minimum absolute atomic E-state index is 0.0897. The normalized spacial score (nSPS) is 23.4. The van der Waals surface area contributed by atoms with Gasteiger partial charge in [-0.25, -0.2) is 13.1 Å². The third-order valence-corrected chi connectivity index (χ3v) is 7.57. The Morgan fingerprint density at radius 3 is 2.52 bits per heavy atom. The lowest BCUT2D eigenvalue weighted by molar-refractivity contribution is 0.297. The Morgan fingerprint density at radius 1 is 1.33 bits per heavy atom. The third kappa shape index (κ3) is 4.28. The topological polar surface area (TPSA) is 72.2 Å². The van der Waals surface area contributed by atoms with E-state index in [9.17, 15) is 8.42 Å². The highest BCUT2D eigenvalue weighted by Gasteiger charge is 2.26. The van der Waals surface area contributed by atoms with Gasteiger partial charge in [-0.3, -0.25) is 0 Å². The van der Waals surface area contributed by atoms with Gasteiger partial charge in [0.15, 0.2) is 0 Å². The van der Waals surface area contributed by atoms with Gasteiger partial charge >= 0.3 is 0 Å². The number of aryl methyl sites for hydroxylation is 1. The Balaban J connectivity index is 1.98. The van der Waals surface area contributed by atoms with E-state index in [0.717, 1.165) is 42.0 Å². The monoisotopic (exact) mass is 330 g/mol. The van der Waals surface area contributed by atoms with Crippen LogP contribution in [-0.4, -0.2) is 14.5 Å². The van der Waals surface area contributed by atoms with Crippen molar-refractivity contribution < 1.29 is 8.42 Å². The van der Waals surface area contributed by atoms with Crippen molar-refractivity contribution in [3.8, 4) is 0 Å². The van der Waals surface area contributed by atoms with E-state index in [0.29, 0.717) is 10.8 Å². The van der Waals surface area contributed by atoms with Crippen LogP contribution in [-0.2, 0) is 16.6 Å². The van der Waals surface area contributed by atoms with E-state index in [-0.39, 0.29) is 6.04 Å². The minimum atomic E-state index is -3.39. The molecule has 0 unspecified atom stereocenters. The zero-order valence-electron chi connectivity index (χ0n) is 12.9. The first-order chi connectivity index (χ1) is 9.96. The molecule has 0 aromatic carbocycles. The highest BCUT2D eigenvalue weighted by atomic mass is 32.2. The first-order valence-corrected chi connectivity index (χ1v) is 10.1. The Morgan fingerprint density at radius 2 is 2.00 bits per heavy atom. The molecule has 3 N–H and O–H groups in total. The van der Waals surface area contributed by atoms with E-state index < -0.39 is 10.0 Å². The lowest BCUT2D eigenvalue weighted by Crippen LogP contribution is -2.37. The predicted molar refractivity (Wildman–Crippen MR) is 87.9 cm³/mol. The zero-order valence-corrected chi connectivity index (χ0v) is 14.5. The van der Waals surface area contributed by atoms with Gasteiger partial charge in [0.2, 0.25) is 10.0 Å². The molecule has 1 saturated carbocycles. The van der Waals surface area contributed by atoms with Crippen molar-refractivity contribution in [2.75, 3.05) is 0 Å². The average Bonchev–Trinajstić information content (AvgIpc) is 2.83. The molecule has 6 heteroatoms. The number of hydrogen-bond donors (Lipinski definition) is 2. The van der Waals surface area contributed by atoms with E-state index in [1.807, 2.05) is 6.92 Å². The van der Waals surface area contributed by atoms with Gasteiger partial charge in [-0.15, -0.1) is 11.3 Å². The van der Waals surface area contributed by atoms with Crippen LogP contribution in [0.15, 0.2) is 10.3 Å². The maximum absolute atomic E-state index is 12.4. The van der Waals surface area contributed by atoms with Gasteiger partial charge in [-0.2, -0.15) is 0 Å². The zero-order chi connectivity index (χ0) is 15.5. The van der Waals surface area contributed by atoms with Crippen LogP contribution >= 0.6 is 11.3 Å². The molecule has 0 amide bonds. The molecular formula is C15H26N2O2S2. The predicted octanol–water partition coefficient (Wildman–Crippen LogP) is 3.15. The fourth-order valence-electron chi connectivity index (χ4n) is 3.08. The van der Waals surface area contributed by atoms with Crippen molar-refractivity contribution in [3.63, 3.8) is 0 Å². The second-order valence-electron chi connectivity index (χ2n) is 6.00.